The van der Waals surface area contributed by atoms with E-state index in [0.717, 1.165) is 0 Å². The summed E-state index contributed by atoms with van der Waals surface area (Å²) in [4.78, 5) is 5.15. The van der Waals surface area contributed by atoms with Crippen molar-refractivity contribution in [2.75, 3.05) is 18.0 Å². The summed E-state index contributed by atoms with van der Waals surface area (Å²) in [5.74, 6) is -0.852. The number of halogens is 3. The van der Waals surface area contributed by atoms with Crippen molar-refractivity contribution >= 4 is 16.7 Å². The third-order valence-electron chi connectivity index (χ3n) is 2.02. The molecule has 0 aliphatic heterocycles. The van der Waals surface area contributed by atoms with Crippen molar-refractivity contribution in [1.82, 2.24) is 9.36 Å². The summed E-state index contributed by atoms with van der Waals surface area (Å²) in [6.07, 6.45) is -4.28. The topological polar surface area (TPSA) is 52.8 Å². The van der Waals surface area contributed by atoms with Crippen LogP contribution in [0.3, 0.4) is 0 Å². The Morgan fingerprint density at radius 1 is 1.44 bits per heavy atom. The van der Waals surface area contributed by atoms with Crippen molar-refractivity contribution in [2.45, 2.75) is 26.4 Å². The molecule has 0 fully saturated rings. The van der Waals surface area contributed by atoms with Gasteiger partial charge < -0.3 is 4.90 Å². The normalized spacial score (nSPS) is 11.6. The van der Waals surface area contributed by atoms with E-state index in [9.17, 15) is 13.2 Å². The van der Waals surface area contributed by atoms with Crippen LogP contribution in [0.25, 0.3) is 0 Å². The van der Waals surface area contributed by atoms with Gasteiger partial charge in [-0.1, -0.05) is 13.8 Å². The first-order chi connectivity index (χ1) is 8.34. The fraction of sp³-hybridized carbons (Fsp3) is 0.700. The van der Waals surface area contributed by atoms with Crippen molar-refractivity contribution in [3.05, 3.63) is 5.82 Å². The minimum Gasteiger partial charge on any atom is -0.346 e. The molecule has 0 aromatic carbocycles. The standard InChI is InChI=1S/C10H13F3N4S/c1-7(2)6-17(5-3-4-14)9-15-8(16-18-9)10(11,12)13/h7H,3,5-6H2,1-2H3. The van der Waals surface area contributed by atoms with E-state index < -0.39 is 12.0 Å². The Bertz CT molecular complexity index is 421. The third kappa shape index (κ3) is 4.14. The molecule has 0 amide bonds. The second kappa shape index (κ2) is 6.00. The Hall–Kier alpha value is -1.36. The maximum atomic E-state index is 12.4. The Balaban J connectivity index is 2.85. The predicted octanol–water partition coefficient (Wildman–Crippen LogP) is 2.93. The Labute approximate surface area is 107 Å². The fourth-order valence-electron chi connectivity index (χ4n) is 1.35. The Morgan fingerprint density at radius 2 is 2.11 bits per heavy atom. The van der Waals surface area contributed by atoms with Gasteiger partial charge in [-0.2, -0.15) is 27.8 Å². The van der Waals surface area contributed by atoms with Gasteiger partial charge in [-0.05, 0) is 5.92 Å². The summed E-state index contributed by atoms with van der Waals surface area (Å²) in [6, 6.07) is 1.97. The van der Waals surface area contributed by atoms with E-state index in [2.05, 4.69) is 9.36 Å². The van der Waals surface area contributed by atoms with E-state index in [1.807, 2.05) is 19.9 Å². The summed E-state index contributed by atoms with van der Waals surface area (Å²) >= 11 is 0.712. The molecular weight excluding hydrogens is 265 g/mol. The van der Waals surface area contributed by atoms with Crippen LogP contribution in [0.1, 0.15) is 26.1 Å². The lowest BCUT2D eigenvalue weighted by Crippen LogP contribution is -2.28. The number of aromatic nitrogens is 2. The first-order valence-electron chi connectivity index (χ1n) is 5.37. The molecule has 0 unspecified atom stereocenters. The van der Waals surface area contributed by atoms with Crippen molar-refractivity contribution in [2.24, 2.45) is 5.92 Å². The van der Waals surface area contributed by atoms with Crippen LogP contribution in [-0.4, -0.2) is 22.4 Å². The zero-order chi connectivity index (χ0) is 13.8. The Morgan fingerprint density at radius 3 is 2.56 bits per heavy atom. The average molecular weight is 278 g/mol. The highest BCUT2D eigenvalue weighted by Crippen LogP contribution is 2.30. The van der Waals surface area contributed by atoms with E-state index in [-0.39, 0.29) is 17.5 Å². The molecule has 0 aliphatic rings. The number of anilines is 1. The summed E-state index contributed by atoms with van der Waals surface area (Å²) in [7, 11) is 0. The van der Waals surface area contributed by atoms with Gasteiger partial charge in [0.2, 0.25) is 11.0 Å². The fourth-order valence-corrected chi connectivity index (χ4v) is 2.07. The molecule has 0 saturated carbocycles. The van der Waals surface area contributed by atoms with Gasteiger partial charge in [-0.15, -0.1) is 0 Å². The van der Waals surface area contributed by atoms with Crippen LogP contribution in [0, 0.1) is 17.2 Å². The van der Waals surface area contributed by atoms with E-state index in [4.69, 9.17) is 5.26 Å². The molecule has 8 heteroatoms. The molecule has 1 aromatic heterocycles. The molecule has 0 atom stereocenters. The van der Waals surface area contributed by atoms with Crippen molar-refractivity contribution in [3.8, 4) is 6.07 Å². The van der Waals surface area contributed by atoms with E-state index in [1.165, 1.54) is 0 Å². The highest BCUT2D eigenvalue weighted by atomic mass is 32.1. The molecular formula is C10H13F3N4S. The van der Waals surface area contributed by atoms with Crippen LogP contribution in [-0.2, 0) is 6.18 Å². The second-order valence-corrected chi connectivity index (χ2v) is 4.88. The molecule has 18 heavy (non-hydrogen) atoms. The van der Waals surface area contributed by atoms with E-state index >= 15 is 0 Å². The quantitative estimate of drug-likeness (QED) is 0.831. The first-order valence-corrected chi connectivity index (χ1v) is 6.14. The largest absolute Gasteiger partial charge is 0.452 e. The van der Waals surface area contributed by atoms with Gasteiger partial charge in [-0.25, -0.2) is 0 Å². The number of hydrogen-bond acceptors (Lipinski definition) is 5. The first kappa shape index (κ1) is 14.7. The predicted molar refractivity (Wildman–Crippen MR) is 62.2 cm³/mol. The van der Waals surface area contributed by atoms with Crippen LogP contribution in [0.4, 0.5) is 18.3 Å². The summed E-state index contributed by atoms with van der Waals surface area (Å²) in [5, 5.41) is 8.76. The molecule has 4 nitrogen and oxygen atoms in total. The number of nitriles is 1. The molecule has 0 radical (unpaired) electrons. The molecule has 1 aromatic rings. The second-order valence-electron chi connectivity index (χ2n) is 4.15. The smallest absolute Gasteiger partial charge is 0.346 e. The van der Waals surface area contributed by atoms with Crippen LogP contribution < -0.4 is 4.90 Å². The van der Waals surface area contributed by atoms with E-state index in [0.29, 0.717) is 24.6 Å². The molecule has 0 saturated heterocycles. The molecule has 0 spiro atoms. The van der Waals surface area contributed by atoms with Gasteiger partial charge >= 0.3 is 6.18 Å². The van der Waals surface area contributed by atoms with Crippen molar-refractivity contribution < 1.29 is 13.2 Å². The molecule has 0 bridgehead atoms. The maximum Gasteiger partial charge on any atom is 0.452 e. The van der Waals surface area contributed by atoms with Crippen LogP contribution in [0.2, 0.25) is 0 Å². The zero-order valence-corrected chi connectivity index (χ0v) is 10.8. The zero-order valence-electron chi connectivity index (χ0n) is 10.0. The molecule has 1 rings (SSSR count). The lowest BCUT2D eigenvalue weighted by atomic mass is 10.2. The van der Waals surface area contributed by atoms with E-state index in [1.54, 1.807) is 4.90 Å². The molecule has 0 aliphatic carbocycles. The summed E-state index contributed by atoms with van der Waals surface area (Å²) < 4.78 is 40.5. The van der Waals surface area contributed by atoms with Crippen LogP contribution >= 0.6 is 11.5 Å². The van der Waals surface area contributed by atoms with Crippen LogP contribution in [0.15, 0.2) is 0 Å². The number of nitrogens with zero attached hydrogens (tertiary/aromatic N) is 4. The minimum absolute atomic E-state index is 0.214. The minimum atomic E-state index is -4.52. The van der Waals surface area contributed by atoms with Gasteiger partial charge in [0.15, 0.2) is 0 Å². The highest BCUT2D eigenvalue weighted by Gasteiger charge is 2.36. The Kier molecular flexibility index (Phi) is 4.90. The van der Waals surface area contributed by atoms with Gasteiger partial charge in [0.1, 0.15) is 0 Å². The number of alkyl halides is 3. The van der Waals surface area contributed by atoms with Gasteiger partial charge in [0.05, 0.1) is 12.5 Å². The average Bonchev–Trinajstić information content (AvgIpc) is 2.72. The molecule has 0 N–H and O–H groups in total. The summed E-state index contributed by atoms with van der Waals surface area (Å²) in [5.41, 5.74) is 0. The lowest BCUT2D eigenvalue weighted by Gasteiger charge is -2.22. The monoisotopic (exact) mass is 278 g/mol. The van der Waals surface area contributed by atoms with Gasteiger partial charge in [0, 0.05) is 24.6 Å². The SMILES string of the molecule is CC(C)CN(CCC#N)c1nc(C(F)(F)F)ns1. The van der Waals surface area contributed by atoms with Crippen molar-refractivity contribution in [1.29, 1.82) is 5.26 Å². The molecule has 100 valence electrons. The van der Waals surface area contributed by atoms with Crippen molar-refractivity contribution in [3.63, 3.8) is 0 Å². The number of rotatable bonds is 5. The van der Waals surface area contributed by atoms with Gasteiger partial charge in [-0.3, -0.25) is 0 Å². The maximum absolute atomic E-state index is 12.4. The summed E-state index contributed by atoms with van der Waals surface area (Å²) in [6.45, 7) is 4.81. The molecule has 1 heterocycles. The number of hydrogen-bond donors (Lipinski definition) is 0. The lowest BCUT2D eigenvalue weighted by molar-refractivity contribution is -0.144. The van der Waals surface area contributed by atoms with Gasteiger partial charge in [0.25, 0.3) is 0 Å². The highest BCUT2D eigenvalue weighted by molar-refractivity contribution is 7.09. The third-order valence-corrected chi connectivity index (χ3v) is 2.80. The van der Waals surface area contributed by atoms with Crippen LogP contribution in [0.5, 0.6) is 0 Å².